The van der Waals surface area contributed by atoms with E-state index in [1.54, 1.807) is 0 Å². The number of carbonyl (C=O) groups excluding carboxylic acids is 3. The molecule has 0 aliphatic heterocycles. The lowest BCUT2D eigenvalue weighted by molar-refractivity contribution is -0.148. The maximum Gasteiger partial charge on any atom is 0.326 e. The van der Waals surface area contributed by atoms with Crippen LogP contribution < -0.4 is 10.6 Å². The van der Waals surface area contributed by atoms with Crippen molar-refractivity contribution in [3.63, 3.8) is 0 Å². The van der Waals surface area contributed by atoms with Gasteiger partial charge < -0.3 is 10.1 Å². The van der Waals surface area contributed by atoms with E-state index >= 15 is 0 Å². The lowest BCUT2D eigenvalue weighted by Gasteiger charge is -2.17. The van der Waals surface area contributed by atoms with E-state index in [2.05, 4.69) is 5.32 Å². The number of ether oxygens (including phenoxy) is 1. The molecule has 6 nitrogen and oxygen atoms in total. The van der Waals surface area contributed by atoms with Gasteiger partial charge >= 0.3 is 12.0 Å². The number of urea groups is 1. The molecule has 0 saturated heterocycles. The summed E-state index contributed by atoms with van der Waals surface area (Å²) in [5.41, 5.74) is 1.82. The lowest BCUT2D eigenvalue weighted by atomic mass is 9.89. The van der Waals surface area contributed by atoms with Crippen LogP contribution >= 0.6 is 0 Å². The monoisotopic (exact) mass is 420 g/mol. The van der Waals surface area contributed by atoms with Crippen molar-refractivity contribution in [1.29, 1.82) is 0 Å². The number of nitrogens with one attached hydrogen (secondary N) is 2. The van der Waals surface area contributed by atoms with Gasteiger partial charge in [0.25, 0.3) is 5.91 Å². The smallest absolute Gasteiger partial charge is 0.326 e. The molecule has 3 rings (SSSR count). The Hall–Kier alpha value is -4.00. The molecule has 158 valence electrons. The fraction of sp³-hybridized carbons (Fsp3) is 0.125. The van der Waals surface area contributed by atoms with Crippen LogP contribution in [0.25, 0.3) is 0 Å². The Morgan fingerprint density at radius 3 is 1.94 bits per heavy atom. The normalized spacial score (nSPS) is 10.4. The van der Waals surface area contributed by atoms with E-state index in [0.29, 0.717) is 0 Å². The molecule has 0 bridgehead atoms. The summed E-state index contributed by atoms with van der Waals surface area (Å²) in [5.74, 6) is -2.27. The number of carbonyl (C=O) groups is 3. The largest absolute Gasteiger partial charge is 0.456 e. The van der Waals surface area contributed by atoms with Gasteiger partial charge in [0.05, 0.1) is 12.1 Å². The van der Waals surface area contributed by atoms with Crippen LogP contribution in [0.15, 0.2) is 84.9 Å². The third kappa shape index (κ3) is 6.50. The zero-order valence-corrected chi connectivity index (χ0v) is 16.6. The Balaban J connectivity index is 1.53. The highest BCUT2D eigenvalue weighted by molar-refractivity contribution is 6.01. The van der Waals surface area contributed by atoms with Crippen molar-refractivity contribution in [1.82, 2.24) is 5.32 Å². The van der Waals surface area contributed by atoms with Crippen molar-refractivity contribution in [3.8, 4) is 0 Å². The predicted molar refractivity (Wildman–Crippen MR) is 114 cm³/mol. The number of amides is 3. The number of rotatable bonds is 7. The van der Waals surface area contributed by atoms with Crippen molar-refractivity contribution in [2.45, 2.75) is 12.3 Å². The van der Waals surface area contributed by atoms with Gasteiger partial charge in [-0.1, -0.05) is 72.8 Å². The summed E-state index contributed by atoms with van der Waals surface area (Å²) in [5, 5.41) is 4.21. The van der Waals surface area contributed by atoms with Crippen molar-refractivity contribution in [3.05, 3.63) is 102 Å². The average molecular weight is 420 g/mol. The fourth-order valence-corrected chi connectivity index (χ4v) is 3.05. The molecule has 7 heteroatoms. The lowest BCUT2D eigenvalue weighted by Crippen LogP contribution is -2.37. The van der Waals surface area contributed by atoms with E-state index in [9.17, 15) is 18.8 Å². The van der Waals surface area contributed by atoms with Crippen LogP contribution in [-0.2, 0) is 14.3 Å². The fourth-order valence-electron chi connectivity index (χ4n) is 3.05. The molecule has 0 saturated carbocycles. The first-order valence-electron chi connectivity index (χ1n) is 9.64. The van der Waals surface area contributed by atoms with Gasteiger partial charge in [0.1, 0.15) is 5.82 Å². The highest BCUT2D eigenvalue weighted by atomic mass is 19.1. The molecule has 0 aliphatic rings. The van der Waals surface area contributed by atoms with Gasteiger partial charge in [0.2, 0.25) is 0 Å². The van der Waals surface area contributed by atoms with Gasteiger partial charge in [-0.2, -0.15) is 0 Å². The zero-order chi connectivity index (χ0) is 22.1. The number of benzene rings is 3. The van der Waals surface area contributed by atoms with Gasteiger partial charge in [0.15, 0.2) is 6.61 Å². The highest BCUT2D eigenvalue weighted by Crippen LogP contribution is 2.28. The predicted octanol–water partition coefficient (Wildman–Crippen LogP) is 4.24. The molecule has 0 unspecified atom stereocenters. The van der Waals surface area contributed by atoms with Crippen LogP contribution in [0.4, 0.5) is 14.9 Å². The summed E-state index contributed by atoms with van der Waals surface area (Å²) >= 11 is 0. The maximum atomic E-state index is 13.5. The first-order chi connectivity index (χ1) is 15.0. The molecule has 0 heterocycles. The molecule has 0 fully saturated rings. The molecular weight excluding hydrogens is 399 g/mol. The van der Waals surface area contributed by atoms with E-state index in [1.165, 1.54) is 24.3 Å². The van der Waals surface area contributed by atoms with Crippen LogP contribution in [0.1, 0.15) is 23.5 Å². The summed E-state index contributed by atoms with van der Waals surface area (Å²) in [6, 6.07) is 23.6. The van der Waals surface area contributed by atoms with Crippen molar-refractivity contribution in [2.24, 2.45) is 0 Å². The molecule has 3 aromatic rings. The van der Waals surface area contributed by atoms with Crippen LogP contribution in [0.3, 0.4) is 0 Å². The van der Waals surface area contributed by atoms with Gasteiger partial charge in [-0.05, 0) is 23.3 Å². The Morgan fingerprint density at radius 1 is 0.806 bits per heavy atom. The number of anilines is 1. The molecule has 3 aromatic carbocycles. The molecule has 0 aromatic heterocycles. The van der Waals surface area contributed by atoms with E-state index < -0.39 is 30.3 Å². The summed E-state index contributed by atoms with van der Waals surface area (Å²) in [6.07, 6.45) is 0.0305. The molecule has 0 radical (unpaired) electrons. The Morgan fingerprint density at radius 2 is 1.35 bits per heavy atom. The number of esters is 1. The minimum atomic E-state index is -0.919. The van der Waals surface area contributed by atoms with E-state index in [-0.39, 0.29) is 18.0 Å². The second-order valence-electron chi connectivity index (χ2n) is 6.72. The van der Waals surface area contributed by atoms with Gasteiger partial charge in [-0.25, -0.2) is 9.18 Å². The van der Waals surface area contributed by atoms with E-state index in [4.69, 9.17) is 4.74 Å². The van der Waals surface area contributed by atoms with E-state index in [1.807, 2.05) is 66.0 Å². The van der Waals surface area contributed by atoms with Crippen LogP contribution in [0.5, 0.6) is 0 Å². The number of imide groups is 1. The third-order valence-electron chi connectivity index (χ3n) is 4.51. The second-order valence-corrected chi connectivity index (χ2v) is 6.72. The van der Waals surface area contributed by atoms with Gasteiger partial charge in [-0.15, -0.1) is 0 Å². The third-order valence-corrected chi connectivity index (χ3v) is 4.51. The minimum Gasteiger partial charge on any atom is -0.456 e. The van der Waals surface area contributed by atoms with Crippen LogP contribution in [0, 0.1) is 5.82 Å². The number of para-hydroxylation sites is 1. The number of hydrogen-bond acceptors (Lipinski definition) is 4. The molecule has 0 atom stereocenters. The highest BCUT2D eigenvalue weighted by Gasteiger charge is 2.20. The summed E-state index contributed by atoms with van der Waals surface area (Å²) < 4.78 is 18.6. The standard InChI is InChI=1S/C24H21FN2O4/c25-20-13-7-8-14-21(20)26-24(30)27-22(28)16-31-23(29)15-19(17-9-3-1-4-10-17)18-11-5-2-6-12-18/h1-14,19H,15-16H2,(H2,26,27,28,30). The molecule has 0 spiro atoms. The summed E-state index contributed by atoms with van der Waals surface area (Å²) in [6.45, 7) is -0.625. The van der Waals surface area contributed by atoms with Crippen LogP contribution in [-0.4, -0.2) is 24.5 Å². The first kappa shape index (κ1) is 21.7. The van der Waals surface area contributed by atoms with Crippen LogP contribution in [0.2, 0.25) is 0 Å². The summed E-state index contributed by atoms with van der Waals surface area (Å²) in [4.78, 5) is 36.1. The SMILES string of the molecule is O=C(COC(=O)CC(c1ccccc1)c1ccccc1)NC(=O)Nc1ccccc1F. The Kier molecular flexibility index (Phi) is 7.48. The van der Waals surface area contributed by atoms with Gasteiger partial charge in [0, 0.05) is 5.92 Å². The Bertz CT molecular complexity index is 1000. The zero-order valence-electron chi connectivity index (χ0n) is 16.6. The second kappa shape index (κ2) is 10.7. The summed E-state index contributed by atoms with van der Waals surface area (Å²) in [7, 11) is 0. The molecule has 2 N–H and O–H groups in total. The quantitative estimate of drug-likeness (QED) is 0.560. The van der Waals surface area contributed by atoms with Crippen molar-refractivity contribution < 1.29 is 23.5 Å². The van der Waals surface area contributed by atoms with Gasteiger partial charge in [-0.3, -0.25) is 14.9 Å². The maximum absolute atomic E-state index is 13.5. The minimum absolute atomic E-state index is 0.0305. The van der Waals surface area contributed by atoms with Crippen molar-refractivity contribution >= 4 is 23.6 Å². The molecule has 3 amide bonds. The van der Waals surface area contributed by atoms with E-state index in [0.717, 1.165) is 11.1 Å². The molecule has 0 aliphatic carbocycles. The number of hydrogen-bond donors (Lipinski definition) is 2. The topological polar surface area (TPSA) is 84.5 Å². The average Bonchev–Trinajstić information content (AvgIpc) is 2.79. The Labute approximate surface area is 179 Å². The molecular formula is C24H21FN2O4. The molecule has 31 heavy (non-hydrogen) atoms. The van der Waals surface area contributed by atoms with Crippen molar-refractivity contribution in [2.75, 3.05) is 11.9 Å². The number of halogens is 1. The first-order valence-corrected chi connectivity index (χ1v) is 9.64.